The van der Waals surface area contributed by atoms with Gasteiger partial charge in [-0.25, -0.2) is 4.79 Å². The highest BCUT2D eigenvalue weighted by Gasteiger charge is 2.52. The Hall–Kier alpha value is -1.59. The molecule has 0 N–H and O–H groups in total. The molecule has 26 heavy (non-hydrogen) atoms. The van der Waals surface area contributed by atoms with Crippen LogP contribution in [0.25, 0.3) is 0 Å². The Labute approximate surface area is 154 Å². The van der Waals surface area contributed by atoms with Gasteiger partial charge >= 0.3 is 17.9 Å². The minimum Gasteiger partial charge on any atom is -0.462 e. The summed E-state index contributed by atoms with van der Waals surface area (Å²) in [6, 6.07) is 0. The fourth-order valence-electron chi connectivity index (χ4n) is 5.10. The lowest BCUT2D eigenvalue weighted by Gasteiger charge is -2.23. The Bertz CT molecular complexity index is 545. The van der Waals surface area contributed by atoms with Crippen molar-refractivity contribution in [2.75, 3.05) is 6.61 Å². The first-order valence-electron chi connectivity index (χ1n) is 9.78. The molecule has 3 aliphatic rings. The number of ether oxygens (including phenoxy) is 3. The Morgan fingerprint density at radius 1 is 0.846 bits per heavy atom. The molecule has 3 saturated carbocycles. The first-order chi connectivity index (χ1) is 12.2. The van der Waals surface area contributed by atoms with Gasteiger partial charge in [0.05, 0.1) is 12.8 Å². The summed E-state index contributed by atoms with van der Waals surface area (Å²) in [5.41, 5.74) is -0.619. The number of hydrogen-bond donors (Lipinski definition) is 0. The van der Waals surface area contributed by atoms with Crippen LogP contribution in [0.3, 0.4) is 0 Å². The van der Waals surface area contributed by atoms with Crippen LogP contribution in [-0.2, 0) is 28.6 Å². The van der Waals surface area contributed by atoms with Crippen LogP contribution in [0.2, 0.25) is 0 Å². The molecule has 0 radical (unpaired) electrons. The minimum absolute atomic E-state index is 0.00809. The summed E-state index contributed by atoms with van der Waals surface area (Å²) in [6.07, 6.45) is 5.96. The molecule has 3 rings (SSSR count). The van der Waals surface area contributed by atoms with E-state index in [4.69, 9.17) is 14.2 Å². The zero-order valence-electron chi connectivity index (χ0n) is 16.0. The normalized spacial score (nSPS) is 32.2. The summed E-state index contributed by atoms with van der Waals surface area (Å²) in [6.45, 7) is 4.79. The maximum absolute atomic E-state index is 12.0. The molecule has 6 nitrogen and oxygen atoms in total. The predicted octanol–water partition coefficient (Wildman–Crippen LogP) is 3.02. The predicted molar refractivity (Wildman–Crippen MR) is 93.0 cm³/mol. The molecule has 0 amide bonds. The molecule has 0 heterocycles. The van der Waals surface area contributed by atoms with E-state index in [0.29, 0.717) is 0 Å². The van der Waals surface area contributed by atoms with E-state index in [0.717, 1.165) is 36.5 Å². The number of fused-ring (bicyclic) bond motifs is 5. The van der Waals surface area contributed by atoms with E-state index in [-0.39, 0.29) is 24.9 Å². The van der Waals surface area contributed by atoms with Gasteiger partial charge < -0.3 is 14.2 Å². The van der Waals surface area contributed by atoms with E-state index < -0.39 is 24.1 Å². The van der Waals surface area contributed by atoms with Crippen LogP contribution in [0, 0.1) is 23.7 Å². The van der Waals surface area contributed by atoms with Crippen LogP contribution in [0.5, 0.6) is 0 Å². The highest BCUT2D eigenvalue weighted by atomic mass is 16.6. The molecule has 3 aliphatic carbocycles. The van der Waals surface area contributed by atoms with Crippen molar-refractivity contribution in [2.45, 2.75) is 77.4 Å². The van der Waals surface area contributed by atoms with Gasteiger partial charge in [-0.05, 0) is 76.5 Å². The molecule has 146 valence electrons. The van der Waals surface area contributed by atoms with Gasteiger partial charge in [0, 0.05) is 0 Å². The third-order valence-electron chi connectivity index (χ3n) is 5.95. The van der Waals surface area contributed by atoms with Crippen LogP contribution in [0.15, 0.2) is 0 Å². The molecular weight excluding hydrogens is 336 g/mol. The van der Waals surface area contributed by atoms with Gasteiger partial charge in [-0.3, -0.25) is 9.59 Å². The molecule has 0 aromatic heterocycles. The fraction of sp³-hybridized carbons (Fsp3) is 0.850. The van der Waals surface area contributed by atoms with Crippen molar-refractivity contribution < 1.29 is 28.6 Å². The second kappa shape index (κ2) is 7.57. The number of rotatable bonds is 6. The van der Waals surface area contributed by atoms with Crippen molar-refractivity contribution in [1.29, 1.82) is 0 Å². The van der Waals surface area contributed by atoms with Gasteiger partial charge in [0.25, 0.3) is 0 Å². The second-order valence-corrected chi connectivity index (χ2v) is 8.99. The third-order valence-corrected chi connectivity index (χ3v) is 5.95. The summed E-state index contributed by atoms with van der Waals surface area (Å²) < 4.78 is 15.5. The Kier molecular flexibility index (Phi) is 5.58. The Morgan fingerprint density at radius 3 is 2.00 bits per heavy atom. The summed E-state index contributed by atoms with van der Waals surface area (Å²) in [7, 11) is 0. The van der Waals surface area contributed by atoms with E-state index in [1.807, 2.05) is 0 Å². The van der Waals surface area contributed by atoms with Crippen molar-refractivity contribution >= 4 is 17.9 Å². The Balaban J connectivity index is 1.31. The smallest absolute Gasteiger partial charge is 0.344 e. The number of carbonyl (C=O) groups is 3. The number of hydrogen-bond acceptors (Lipinski definition) is 6. The van der Waals surface area contributed by atoms with Gasteiger partial charge in [0.15, 0.2) is 6.61 Å². The first kappa shape index (κ1) is 19.2. The quantitative estimate of drug-likeness (QED) is 0.531. The molecule has 4 unspecified atom stereocenters. The van der Waals surface area contributed by atoms with Gasteiger partial charge in [0.1, 0.15) is 11.7 Å². The molecule has 0 spiro atoms. The van der Waals surface area contributed by atoms with Crippen LogP contribution in [-0.4, -0.2) is 36.2 Å². The summed E-state index contributed by atoms with van der Waals surface area (Å²) >= 11 is 0. The maximum atomic E-state index is 12.0. The van der Waals surface area contributed by atoms with Gasteiger partial charge in [-0.1, -0.05) is 0 Å². The van der Waals surface area contributed by atoms with Gasteiger partial charge in [0.2, 0.25) is 0 Å². The van der Waals surface area contributed by atoms with Crippen LogP contribution < -0.4 is 0 Å². The lowest BCUT2D eigenvalue weighted by Crippen LogP contribution is -2.27. The van der Waals surface area contributed by atoms with E-state index >= 15 is 0 Å². The van der Waals surface area contributed by atoms with Crippen LogP contribution in [0.1, 0.15) is 65.7 Å². The minimum atomic E-state index is -0.619. The largest absolute Gasteiger partial charge is 0.462 e. The van der Waals surface area contributed by atoms with Crippen LogP contribution in [0.4, 0.5) is 0 Å². The summed E-state index contributed by atoms with van der Waals surface area (Å²) in [5.74, 6) is 1.63. The zero-order valence-corrected chi connectivity index (χ0v) is 16.0. The summed E-state index contributed by atoms with van der Waals surface area (Å²) in [5, 5.41) is 0. The number of esters is 3. The van der Waals surface area contributed by atoms with Crippen LogP contribution >= 0.6 is 0 Å². The van der Waals surface area contributed by atoms with Crippen molar-refractivity contribution in [3.8, 4) is 0 Å². The van der Waals surface area contributed by atoms with E-state index in [2.05, 4.69) is 0 Å². The molecule has 0 saturated heterocycles. The second-order valence-electron chi connectivity index (χ2n) is 8.99. The topological polar surface area (TPSA) is 78.9 Å². The highest BCUT2D eigenvalue weighted by Crippen LogP contribution is 2.59. The van der Waals surface area contributed by atoms with Crippen molar-refractivity contribution in [3.63, 3.8) is 0 Å². The molecule has 3 fully saturated rings. The highest BCUT2D eigenvalue weighted by molar-refractivity contribution is 5.80. The average Bonchev–Trinajstić information content (AvgIpc) is 3.21. The number of carbonyl (C=O) groups excluding carboxylic acids is 3. The standard InChI is InChI=1S/C20H30O6/c1-20(2,3)26-19(23)11-24-17(21)6-7-18(22)25-14-9-15-12-4-5-13(8-12)16(15)10-14/h12-16H,4-11H2,1-3H3. The first-order valence-corrected chi connectivity index (χ1v) is 9.78. The third kappa shape index (κ3) is 4.77. The maximum Gasteiger partial charge on any atom is 0.344 e. The van der Waals surface area contributed by atoms with E-state index in [9.17, 15) is 14.4 Å². The molecule has 2 bridgehead atoms. The lowest BCUT2D eigenvalue weighted by molar-refractivity contribution is -0.167. The fourth-order valence-corrected chi connectivity index (χ4v) is 5.10. The monoisotopic (exact) mass is 366 g/mol. The van der Waals surface area contributed by atoms with E-state index in [1.54, 1.807) is 20.8 Å². The summed E-state index contributed by atoms with van der Waals surface area (Å²) in [4.78, 5) is 35.2. The average molecular weight is 366 g/mol. The van der Waals surface area contributed by atoms with E-state index in [1.165, 1.54) is 19.3 Å². The molecular formula is C20H30O6. The molecule has 6 heteroatoms. The Morgan fingerprint density at radius 2 is 1.42 bits per heavy atom. The molecule has 0 aromatic carbocycles. The van der Waals surface area contributed by atoms with Crippen molar-refractivity contribution in [3.05, 3.63) is 0 Å². The zero-order chi connectivity index (χ0) is 18.9. The SMILES string of the molecule is CC(C)(C)OC(=O)COC(=O)CCC(=O)OC1CC2C3CCC(C3)C2C1. The molecule has 0 aromatic rings. The van der Waals surface area contributed by atoms with Gasteiger partial charge in [-0.15, -0.1) is 0 Å². The van der Waals surface area contributed by atoms with Crippen molar-refractivity contribution in [1.82, 2.24) is 0 Å². The van der Waals surface area contributed by atoms with Crippen molar-refractivity contribution in [2.24, 2.45) is 23.7 Å². The molecule has 0 aliphatic heterocycles. The lowest BCUT2D eigenvalue weighted by atomic mass is 9.82. The molecule has 4 atom stereocenters. The van der Waals surface area contributed by atoms with Gasteiger partial charge in [-0.2, -0.15) is 0 Å².